The summed E-state index contributed by atoms with van der Waals surface area (Å²) in [4.78, 5) is 77.8. The van der Waals surface area contributed by atoms with Gasteiger partial charge in [-0.05, 0) is 25.0 Å². The van der Waals surface area contributed by atoms with Crippen LogP contribution in [-0.4, -0.2) is 288 Å². The Morgan fingerprint density at radius 1 is 0.333 bits per heavy atom. The zero-order valence-corrected chi connectivity index (χ0v) is 68.3. The minimum atomic E-state index is -2.42. The average Bonchev–Trinajstić information content (AvgIpc) is 3.39. The molecule has 0 amide bonds. The quantitative estimate of drug-likeness (QED) is 0.0487. The summed E-state index contributed by atoms with van der Waals surface area (Å²) in [5.41, 5.74) is -0.579. The minimum Gasteiger partial charge on any atom is -0.872 e. The summed E-state index contributed by atoms with van der Waals surface area (Å²) in [6, 6.07) is 10.7. The molecule has 0 saturated heterocycles. The number of hydrogen-bond donors (Lipinski definition) is 16. The van der Waals surface area contributed by atoms with Crippen molar-refractivity contribution in [3.8, 4) is 11.5 Å². The second-order valence-corrected chi connectivity index (χ2v) is 14.4. The van der Waals surface area contributed by atoms with Crippen LogP contribution in [0.5, 0.6) is 11.5 Å². The summed E-state index contributed by atoms with van der Waals surface area (Å²) in [5, 5.41) is 280. The van der Waals surface area contributed by atoms with E-state index >= 15 is 0 Å². The van der Waals surface area contributed by atoms with Crippen LogP contribution in [0.1, 0.15) is 34.6 Å². The third-order valence-corrected chi connectivity index (χ3v) is 8.10. The van der Waals surface area contributed by atoms with Crippen molar-refractivity contribution >= 4 is 82.5 Å². The van der Waals surface area contributed by atoms with Gasteiger partial charge in [-0.15, -0.1) is 0 Å². The van der Waals surface area contributed by atoms with Crippen LogP contribution in [0.15, 0.2) is 48.5 Å². The topological polar surface area (TPSA) is 783 Å². The average molecular weight is 1400 g/mol. The molecular weight excluding hydrogens is 1350 g/mol. The molecular formula is C42H54Al2Na8O38. The Morgan fingerprint density at radius 2 is 0.467 bits per heavy atom. The maximum absolute atomic E-state index is 10.8. The van der Waals surface area contributed by atoms with Crippen LogP contribution in [0, 0.1) is 0 Å². The van der Waals surface area contributed by atoms with Crippen LogP contribution in [0.3, 0.4) is 0 Å². The van der Waals surface area contributed by atoms with Gasteiger partial charge in [0.05, 0.1) is 111 Å². The predicted molar refractivity (Wildman–Crippen MR) is 229 cm³/mol. The zero-order valence-electron chi connectivity index (χ0n) is 50.0. The number of carboxylic acids is 8. The SMILES string of the molecule is CC(=O)[O-].CC(=O)[O-].O=C([O-])[C@H](O)[C@@H]([O-])[C@H](O)[C@H](O)CO.O=C([O-])[C@H](O)[C@@H]([O-])[C@H](O)[C@H](O)CO.O=C([O-])[C@H](O)[C@@H]([O-])[C@H](O)[C@H](O)CO.O=C([O-])[C@H](O)[C@@H]([O-])[C@H](O)[C@H](O)CO.O=C([O-])c1ccccc1[O-].O=C([O-])c1ccccc1[O-].[Al+3].[Al+3].[Na+].[Na+].[Na+].[Na+].[Na+].[Na+].[Na+].[Na+]. The number of carboxylic acid groups (broad SMARTS) is 8. The van der Waals surface area contributed by atoms with E-state index in [1.54, 1.807) is 0 Å². The number of aliphatic carboxylic acids is 6. The van der Waals surface area contributed by atoms with Crippen LogP contribution in [0.2, 0.25) is 0 Å². The normalized spacial score (nSPS) is 14.4. The van der Waals surface area contributed by atoms with Crippen LogP contribution < -0.4 is 308 Å². The second-order valence-electron chi connectivity index (χ2n) is 14.4. The van der Waals surface area contributed by atoms with Gasteiger partial charge in [0.15, 0.2) is 0 Å². The Labute approximate surface area is 709 Å². The van der Waals surface area contributed by atoms with E-state index in [0.717, 1.165) is 13.8 Å². The minimum absolute atomic E-state index is 0. The smallest absolute Gasteiger partial charge is 0.872 e. The second kappa shape index (κ2) is 76.8. The maximum atomic E-state index is 10.8. The summed E-state index contributed by atoms with van der Waals surface area (Å²) >= 11 is 0. The molecule has 48 heteroatoms. The molecule has 0 aliphatic carbocycles. The number of carbonyl (C=O) groups is 8. The van der Waals surface area contributed by atoms with Crippen molar-refractivity contribution in [3.63, 3.8) is 0 Å². The molecule has 38 nitrogen and oxygen atoms in total. The summed E-state index contributed by atoms with van der Waals surface area (Å²) in [6.45, 7) is -1.67. The van der Waals surface area contributed by atoms with Crippen LogP contribution in [0.4, 0.5) is 0 Å². The first-order valence-electron chi connectivity index (χ1n) is 20.9. The van der Waals surface area contributed by atoms with Crippen molar-refractivity contribution in [2.45, 2.75) is 112 Å². The largest absolute Gasteiger partial charge is 3.00 e. The van der Waals surface area contributed by atoms with Crippen molar-refractivity contribution in [3.05, 3.63) is 59.7 Å². The third-order valence-electron chi connectivity index (χ3n) is 8.10. The third kappa shape index (κ3) is 66.0. The van der Waals surface area contributed by atoms with Crippen molar-refractivity contribution in [2.75, 3.05) is 26.4 Å². The van der Waals surface area contributed by atoms with Gasteiger partial charge in [0, 0.05) is 11.9 Å². The Kier molecular flexibility index (Phi) is 113. The Bertz CT molecular complexity index is 1900. The molecule has 464 valence electrons. The Hall–Kier alpha value is 2.06. The first-order valence-corrected chi connectivity index (χ1v) is 20.9. The zero-order chi connectivity index (χ0) is 64.7. The van der Waals surface area contributed by atoms with E-state index < -0.39 is 183 Å². The number of rotatable bonds is 22. The van der Waals surface area contributed by atoms with Gasteiger partial charge in [0.1, 0.15) is 24.4 Å². The molecule has 0 radical (unpaired) electrons. The van der Waals surface area contributed by atoms with Crippen LogP contribution in [-0.2, 0) is 28.8 Å². The van der Waals surface area contributed by atoms with Crippen LogP contribution >= 0.6 is 0 Å². The van der Waals surface area contributed by atoms with Gasteiger partial charge in [-0.2, -0.15) is 0 Å². The molecule has 0 unspecified atom stereocenters. The van der Waals surface area contributed by atoms with Gasteiger partial charge < -0.3 is 192 Å². The molecule has 0 spiro atoms. The summed E-state index contributed by atoms with van der Waals surface area (Å²) in [6.07, 6.45) is -34.5. The van der Waals surface area contributed by atoms with E-state index in [1.807, 2.05) is 0 Å². The fraction of sp³-hybridized carbons (Fsp3) is 0.524. The predicted octanol–water partition coefficient (Wildman–Crippen LogP) is -50.8. The van der Waals surface area contributed by atoms with Crippen molar-refractivity contribution < 1.29 is 428 Å². The fourth-order valence-electron chi connectivity index (χ4n) is 3.86. The van der Waals surface area contributed by atoms with E-state index in [1.165, 1.54) is 48.5 Å². The maximum Gasteiger partial charge on any atom is 3.00 e. The van der Waals surface area contributed by atoms with E-state index in [9.17, 15) is 90.0 Å². The molecule has 0 aromatic heterocycles. The molecule has 0 aliphatic rings. The molecule has 2 aromatic rings. The number of para-hydroxylation sites is 2. The number of benzene rings is 2. The first-order chi connectivity index (χ1) is 36.5. The van der Waals surface area contributed by atoms with E-state index in [-0.39, 0.29) is 282 Å². The van der Waals surface area contributed by atoms with E-state index in [4.69, 9.17) is 102 Å². The molecule has 16 atom stereocenters. The molecule has 2 rings (SSSR count). The monoisotopic (exact) mass is 1400 g/mol. The molecule has 0 aliphatic heterocycles. The molecule has 0 bridgehead atoms. The molecule has 0 heterocycles. The van der Waals surface area contributed by atoms with Gasteiger partial charge in [-0.25, -0.2) is 0 Å². The van der Waals surface area contributed by atoms with Crippen LogP contribution in [0.25, 0.3) is 0 Å². The molecule has 90 heavy (non-hydrogen) atoms. The first kappa shape index (κ1) is 132. The van der Waals surface area contributed by atoms with Crippen molar-refractivity contribution in [1.29, 1.82) is 0 Å². The Morgan fingerprint density at radius 3 is 0.556 bits per heavy atom. The molecule has 0 saturated carbocycles. The fourth-order valence-corrected chi connectivity index (χ4v) is 3.86. The van der Waals surface area contributed by atoms with Gasteiger partial charge in [0.2, 0.25) is 0 Å². The summed E-state index contributed by atoms with van der Waals surface area (Å²) in [7, 11) is 0. The number of carbonyl (C=O) groups excluding carboxylic acids is 8. The number of aliphatic hydroxyl groups is 16. The van der Waals surface area contributed by atoms with Gasteiger partial charge in [-0.3, -0.25) is 0 Å². The number of aromatic carboxylic acids is 2. The Balaban J connectivity index is -0.0000000499. The summed E-state index contributed by atoms with van der Waals surface area (Å²) in [5.74, 6) is -14.2. The number of aliphatic hydroxyl groups excluding tert-OH is 16. The van der Waals surface area contributed by atoms with E-state index in [0.29, 0.717) is 0 Å². The molecule has 0 fully saturated rings. The summed E-state index contributed by atoms with van der Waals surface area (Å²) < 4.78 is 0. The van der Waals surface area contributed by atoms with Crippen molar-refractivity contribution in [1.82, 2.24) is 0 Å². The molecule has 2 aromatic carbocycles. The van der Waals surface area contributed by atoms with Crippen molar-refractivity contribution in [2.24, 2.45) is 0 Å². The molecule has 16 N–H and O–H groups in total. The van der Waals surface area contributed by atoms with Gasteiger partial charge in [0.25, 0.3) is 0 Å². The van der Waals surface area contributed by atoms with Gasteiger partial charge in [-0.1, -0.05) is 84.4 Å². The van der Waals surface area contributed by atoms with E-state index in [2.05, 4.69) is 0 Å². The van der Waals surface area contributed by atoms with Gasteiger partial charge >= 0.3 is 271 Å². The number of hydrogen-bond acceptors (Lipinski definition) is 38. The standard InChI is InChI=1S/2C7H6O3.4C6H11O7.2C2H4O2.2Al.8Na/c2*8-6-4-2-1-3-5(6)7(9)10;4*7-1-2(8)3(9)4(10)5(11)6(12)13;2*1-2(3)4;;;;;;;;;;/h2*1-4,8H,(H,9,10);4*2-5,7-9,11H,1H2,(H,12,13);2*1H3,(H,3,4);;;;;;;;;;/q;;4*-1;;;2*+3;8*+1/p-10/t;;4*2-,3-,4+,5-;;;;;;;;;;;;/m..1111............/s1.